The van der Waals surface area contributed by atoms with Gasteiger partial charge in [0, 0.05) is 6.04 Å². The third kappa shape index (κ3) is 2.10. The third-order valence-corrected chi connectivity index (χ3v) is 1.51. The highest BCUT2D eigenvalue weighted by atomic mass is 35.5. The van der Waals surface area contributed by atoms with Gasteiger partial charge in [0.1, 0.15) is 0 Å². The van der Waals surface area contributed by atoms with Crippen LogP contribution < -0.4 is 5.32 Å². The second-order valence-corrected chi connectivity index (χ2v) is 2.10. The van der Waals surface area contributed by atoms with Crippen LogP contribution in [0.1, 0.15) is 6.42 Å². The molecule has 9 heavy (non-hydrogen) atoms. The first-order chi connectivity index (χ1) is 3.84. The first-order valence-electron chi connectivity index (χ1n) is 2.87. The monoisotopic (exact) mass is 153 g/mol. The highest BCUT2D eigenvalue weighted by Gasteiger charge is 2.23. The van der Waals surface area contributed by atoms with Crippen molar-refractivity contribution in [1.82, 2.24) is 5.32 Å². The van der Waals surface area contributed by atoms with Crippen molar-refractivity contribution in [3.8, 4) is 0 Å². The summed E-state index contributed by atoms with van der Waals surface area (Å²) in [6, 6.07) is 0.153. The third-order valence-electron chi connectivity index (χ3n) is 1.51. The Kier molecular flexibility index (Phi) is 4.14. The molecular formula is C5H12ClNO2. The standard InChI is InChI=1S/C5H11NO2.ClH/c7-3-5(8)4-1-2-6-4;/h4-8H,1-3H2;1H. The van der Waals surface area contributed by atoms with Crippen molar-refractivity contribution in [2.45, 2.75) is 18.6 Å². The molecule has 0 aromatic carbocycles. The van der Waals surface area contributed by atoms with Gasteiger partial charge in [-0.3, -0.25) is 0 Å². The lowest BCUT2D eigenvalue weighted by molar-refractivity contribution is 0.0417. The van der Waals surface area contributed by atoms with Crippen molar-refractivity contribution in [1.29, 1.82) is 0 Å². The van der Waals surface area contributed by atoms with Gasteiger partial charge in [0.05, 0.1) is 12.7 Å². The van der Waals surface area contributed by atoms with Crippen LogP contribution in [0.2, 0.25) is 0 Å². The molecule has 1 heterocycles. The number of nitrogens with one attached hydrogen (secondary N) is 1. The Hall–Kier alpha value is 0.170. The van der Waals surface area contributed by atoms with E-state index < -0.39 is 6.10 Å². The molecule has 0 amide bonds. The van der Waals surface area contributed by atoms with Crippen LogP contribution in [-0.2, 0) is 0 Å². The fourth-order valence-electron chi connectivity index (χ4n) is 0.767. The molecule has 0 radical (unpaired) electrons. The summed E-state index contributed by atoms with van der Waals surface area (Å²) in [5.41, 5.74) is 0. The lowest BCUT2D eigenvalue weighted by Crippen LogP contribution is -2.51. The number of halogens is 1. The van der Waals surface area contributed by atoms with Gasteiger partial charge in [-0.05, 0) is 13.0 Å². The van der Waals surface area contributed by atoms with Gasteiger partial charge in [-0.1, -0.05) is 0 Å². The molecule has 1 fully saturated rings. The van der Waals surface area contributed by atoms with Gasteiger partial charge in [-0.25, -0.2) is 0 Å². The summed E-state index contributed by atoms with van der Waals surface area (Å²) in [4.78, 5) is 0. The number of hydrogen-bond acceptors (Lipinski definition) is 3. The van der Waals surface area contributed by atoms with Crippen LogP contribution in [0.3, 0.4) is 0 Å². The molecule has 56 valence electrons. The van der Waals surface area contributed by atoms with Gasteiger partial charge < -0.3 is 15.5 Å². The summed E-state index contributed by atoms with van der Waals surface area (Å²) in [7, 11) is 0. The Balaban J connectivity index is 0.000000640. The zero-order chi connectivity index (χ0) is 5.98. The Morgan fingerprint density at radius 3 is 2.33 bits per heavy atom. The molecule has 2 unspecified atom stereocenters. The maximum absolute atomic E-state index is 8.87. The lowest BCUT2D eigenvalue weighted by Gasteiger charge is -2.30. The molecule has 2 atom stereocenters. The number of hydrogen-bond donors (Lipinski definition) is 3. The lowest BCUT2D eigenvalue weighted by atomic mass is 10.0. The van der Waals surface area contributed by atoms with E-state index in [0.717, 1.165) is 13.0 Å². The van der Waals surface area contributed by atoms with Crippen LogP contribution in [0, 0.1) is 0 Å². The molecule has 3 nitrogen and oxygen atoms in total. The minimum Gasteiger partial charge on any atom is -0.394 e. The molecule has 4 heteroatoms. The second kappa shape index (κ2) is 4.06. The van der Waals surface area contributed by atoms with E-state index in [1.807, 2.05) is 0 Å². The fourth-order valence-corrected chi connectivity index (χ4v) is 0.767. The van der Waals surface area contributed by atoms with E-state index in [-0.39, 0.29) is 25.1 Å². The fraction of sp³-hybridized carbons (Fsp3) is 1.00. The van der Waals surface area contributed by atoms with E-state index in [4.69, 9.17) is 10.2 Å². The Labute approximate surface area is 60.5 Å². The summed E-state index contributed by atoms with van der Waals surface area (Å²) in [5.74, 6) is 0. The van der Waals surface area contributed by atoms with Crippen LogP contribution in [0.25, 0.3) is 0 Å². The second-order valence-electron chi connectivity index (χ2n) is 2.10. The first-order valence-corrected chi connectivity index (χ1v) is 2.87. The molecule has 1 saturated heterocycles. The van der Waals surface area contributed by atoms with E-state index in [9.17, 15) is 0 Å². The van der Waals surface area contributed by atoms with Gasteiger partial charge in [-0.2, -0.15) is 0 Å². The zero-order valence-electron chi connectivity index (χ0n) is 5.08. The maximum atomic E-state index is 8.87. The van der Waals surface area contributed by atoms with Crippen molar-refractivity contribution >= 4 is 12.4 Å². The van der Waals surface area contributed by atoms with Gasteiger partial charge >= 0.3 is 0 Å². The van der Waals surface area contributed by atoms with Crippen LogP contribution in [0.15, 0.2) is 0 Å². The van der Waals surface area contributed by atoms with Gasteiger partial charge in [0.15, 0.2) is 0 Å². The number of aliphatic hydroxyl groups is 2. The minimum atomic E-state index is -0.552. The topological polar surface area (TPSA) is 52.5 Å². The van der Waals surface area contributed by atoms with E-state index in [1.165, 1.54) is 0 Å². The Bertz CT molecular complexity index is 74.6. The molecule has 1 rings (SSSR count). The summed E-state index contributed by atoms with van der Waals surface area (Å²) < 4.78 is 0. The molecule has 0 bridgehead atoms. The normalized spacial score (nSPS) is 28.0. The van der Waals surface area contributed by atoms with E-state index in [0.29, 0.717) is 0 Å². The summed E-state index contributed by atoms with van der Waals surface area (Å²) in [6.07, 6.45) is 0.436. The average Bonchev–Trinajstić information content (AvgIpc) is 1.62. The zero-order valence-corrected chi connectivity index (χ0v) is 5.90. The quantitative estimate of drug-likeness (QED) is 0.483. The molecule has 1 aliphatic rings. The van der Waals surface area contributed by atoms with Crippen molar-refractivity contribution < 1.29 is 10.2 Å². The van der Waals surface area contributed by atoms with Crippen LogP contribution >= 0.6 is 12.4 Å². The molecule has 0 saturated carbocycles. The van der Waals surface area contributed by atoms with Crippen molar-refractivity contribution in [3.63, 3.8) is 0 Å². The highest BCUT2D eigenvalue weighted by molar-refractivity contribution is 5.85. The van der Waals surface area contributed by atoms with E-state index in [1.54, 1.807) is 0 Å². The number of rotatable bonds is 2. The molecular weight excluding hydrogens is 142 g/mol. The molecule has 3 N–H and O–H groups in total. The smallest absolute Gasteiger partial charge is 0.0923 e. The summed E-state index contributed by atoms with van der Waals surface area (Å²) in [6.45, 7) is 0.847. The van der Waals surface area contributed by atoms with Crippen molar-refractivity contribution in [3.05, 3.63) is 0 Å². The SMILES string of the molecule is Cl.OCC(O)C1CCN1. The predicted molar refractivity (Wildman–Crippen MR) is 36.7 cm³/mol. The van der Waals surface area contributed by atoms with Crippen LogP contribution in [-0.4, -0.2) is 35.5 Å². The Morgan fingerprint density at radius 2 is 2.22 bits per heavy atom. The van der Waals surface area contributed by atoms with Crippen LogP contribution in [0.4, 0.5) is 0 Å². The summed E-state index contributed by atoms with van der Waals surface area (Å²) >= 11 is 0. The summed E-state index contributed by atoms with van der Waals surface area (Å²) in [5, 5.41) is 20.2. The highest BCUT2D eigenvalue weighted by Crippen LogP contribution is 2.05. The van der Waals surface area contributed by atoms with Gasteiger partial charge in [-0.15, -0.1) is 12.4 Å². The van der Waals surface area contributed by atoms with Gasteiger partial charge in [0.2, 0.25) is 0 Å². The number of aliphatic hydroxyl groups excluding tert-OH is 2. The Morgan fingerprint density at radius 1 is 1.67 bits per heavy atom. The van der Waals surface area contributed by atoms with E-state index in [2.05, 4.69) is 5.32 Å². The molecule has 1 aliphatic heterocycles. The van der Waals surface area contributed by atoms with Crippen LogP contribution in [0.5, 0.6) is 0 Å². The van der Waals surface area contributed by atoms with E-state index >= 15 is 0 Å². The van der Waals surface area contributed by atoms with Crippen molar-refractivity contribution in [2.24, 2.45) is 0 Å². The molecule has 0 spiro atoms. The molecule has 0 aromatic heterocycles. The molecule has 0 aromatic rings. The maximum Gasteiger partial charge on any atom is 0.0923 e. The predicted octanol–water partition coefficient (Wildman–Crippen LogP) is -0.877. The minimum absolute atomic E-state index is 0. The van der Waals surface area contributed by atoms with Gasteiger partial charge in [0.25, 0.3) is 0 Å². The van der Waals surface area contributed by atoms with Crippen molar-refractivity contribution in [2.75, 3.05) is 13.2 Å². The average molecular weight is 154 g/mol. The largest absolute Gasteiger partial charge is 0.394 e. The molecule has 0 aliphatic carbocycles. The first kappa shape index (κ1) is 9.17.